The summed E-state index contributed by atoms with van der Waals surface area (Å²) in [6.45, 7) is 0.610. The van der Waals surface area contributed by atoms with Crippen molar-refractivity contribution in [2.24, 2.45) is 16.5 Å². The molecule has 0 spiro atoms. The normalized spacial score (nSPS) is 13.6. The number of carboxylic acid groups (broad SMARTS) is 1. The lowest BCUT2D eigenvalue weighted by atomic mass is 10.1. The van der Waals surface area contributed by atoms with E-state index >= 15 is 0 Å². The van der Waals surface area contributed by atoms with Crippen molar-refractivity contribution >= 4 is 17.9 Å². The third-order valence-corrected chi connectivity index (χ3v) is 3.51. The molecular formula is C16H26N6O4. The summed E-state index contributed by atoms with van der Waals surface area (Å²) in [5.41, 5.74) is 11.9. The highest BCUT2D eigenvalue weighted by Crippen LogP contribution is 2.13. The number of carbonyl (C=O) groups excluding carboxylic acids is 1. The number of guanidine groups is 1. The van der Waals surface area contributed by atoms with Crippen LogP contribution in [0.3, 0.4) is 0 Å². The molecule has 0 fully saturated rings. The zero-order valence-electron chi connectivity index (χ0n) is 14.9. The maximum absolute atomic E-state index is 12.0. The molecule has 1 rings (SSSR count). The molecule has 2 unspecified atom stereocenters. The van der Waals surface area contributed by atoms with Gasteiger partial charge in [-0.1, -0.05) is 0 Å². The molecule has 0 saturated carbocycles. The first-order valence-corrected chi connectivity index (χ1v) is 8.15. The van der Waals surface area contributed by atoms with Gasteiger partial charge in [0.15, 0.2) is 5.96 Å². The van der Waals surface area contributed by atoms with Gasteiger partial charge in [-0.15, -0.1) is 0 Å². The van der Waals surface area contributed by atoms with Crippen molar-refractivity contribution in [2.75, 3.05) is 20.6 Å². The fourth-order valence-electron chi connectivity index (χ4n) is 2.09. The number of ether oxygens (including phenoxy) is 1. The van der Waals surface area contributed by atoms with Gasteiger partial charge in [-0.2, -0.15) is 0 Å². The standard InChI is InChI=1S/C16H26N6O4/c1-19-16(20-2)22-5-3-4-12(17)15(25)26-11-6-10(8-21-9-11)7-13(18)14(23)24/h6,8-9,12-13H,3-5,7,17-18H2,1-2H3,(H,23,24)(H2,19,20,22). The number of nitrogens with one attached hydrogen (secondary N) is 2. The van der Waals surface area contributed by atoms with Gasteiger partial charge in [0.1, 0.15) is 17.8 Å². The first kappa shape index (κ1) is 21.3. The van der Waals surface area contributed by atoms with Gasteiger partial charge in [0, 0.05) is 26.8 Å². The molecule has 0 amide bonds. The van der Waals surface area contributed by atoms with Gasteiger partial charge >= 0.3 is 11.9 Å². The number of aromatic nitrogens is 1. The molecule has 1 heterocycles. The predicted octanol–water partition coefficient (Wildman–Crippen LogP) is -1.16. The van der Waals surface area contributed by atoms with E-state index < -0.39 is 24.0 Å². The summed E-state index contributed by atoms with van der Waals surface area (Å²) in [4.78, 5) is 30.7. The molecular weight excluding hydrogens is 340 g/mol. The second-order valence-corrected chi connectivity index (χ2v) is 5.60. The van der Waals surface area contributed by atoms with Crippen molar-refractivity contribution in [1.29, 1.82) is 0 Å². The maximum atomic E-state index is 12.0. The number of rotatable bonds is 9. The Kier molecular flexibility index (Phi) is 9.02. The average molecular weight is 366 g/mol. The molecule has 10 nitrogen and oxygen atoms in total. The third-order valence-electron chi connectivity index (χ3n) is 3.51. The van der Waals surface area contributed by atoms with E-state index in [2.05, 4.69) is 20.6 Å². The molecule has 0 aliphatic rings. The summed E-state index contributed by atoms with van der Waals surface area (Å²) >= 11 is 0. The maximum Gasteiger partial charge on any atom is 0.328 e. The Morgan fingerprint density at radius 3 is 2.69 bits per heavy atom. The summed E-state index contributed by atoms with van der Waals surface area (Å²) < 4.78 is 5.21. The van der Waals surface area contributed by atoms with Crippen LogP contribution in [0.5, 0.6) is 5.75 Å². The van der Waals surface area contributed by atoms with Crippen LogP contribution in [0.15, 0.2) is 23.5 Å². The second kappa shape index (κ2) is 11.0. The van der Waals surface area contributed by atoms with Gasteiger partial charge in [-0.25, -0.2) is 4.79 Å². The highest BCUT2D eigenvalue weighted by molar-refractivity contribution is 5.79. The fourth-order valence-corrected chi connectivity index (χ4v) is 2.09. The zero-order chi connectivity index (χ0) is 19.5. The average Bonchev–Trinajstić information content (AvgIpc) is 2.61. The fraction of sp³-hybridized carbons (Fsp3) is 0.500. The van der Waals surface area contributed by atoms with Crippen LogP contribution in [0.25, 0.3) is 0 Å². The Morgan fingerprint density at radius 1 is 1.35 bits per heavy atom. The van der Waals surface area contributed by atoms with E-state index in [0.29, 0.717) is 30.9 Å². The number of hydrogen-bond donors (Lipinski definition) is 5. The van der Waals surface area contributed by atoms with E-state index in [9.17, 15) is 9.59 Å². The van der Waals surface area contributed by atoms with Gasteiger partial charge < -0.3 is 31.9 Å². The largest absolute Gasteiger partial charge is 0.480 e. The molecule has 0 radical (unpaired) electrons. The molecule has 1 aromatic heterocycles. The molecule has 2 atom stereocenters. The minimum atomic E-state index is -1.11. The monoisotopic (exact) mass is 366 g/mol. The van der Waals surface area contributed by atoms with E-state index in [1.54, 1.807) is 14.1 Å². The van der Waals surface area contributed by atoms with Crippen molar-refractivity contribution in [3.63, 3.8) is 0 Å². The van der Waals surface area contributed by atoms with Crippen LogP contribution in [0.1, 0.15) is 18.4 Å². The quantitative estimate of drug-likeness (QED) is 0.157. The summed E-state index contributed by atoms with van der Waals surface area (Å²) in [5.74, 6) is -0.833. The number of pyridine rings is 1. The Hall–Kier alpha value is -2.72. The van der Waals surface area contributed by atoms with Crippen LogP contribution >= 0.6 is 0 Å². The molecule has 0 aliphatic heterocycles. The highest BCUT2D eigenvalue weighted by atomic mass is 16.5. The van der Waals surface area contributed by atoms with Gasteiger partial charge in [0.25, 0.3) is 0 Å². The number of nitrogens with two attached hydrogens (primary N) is 2. The van der Waals surface area contributed by atoms with Crippen molar-refractivity contribution in [3.8, 4) is 5.75 Å². The van der Waals surface area contributed by atoms with Crippen LogP contribution in [0.2, 0.25) is 0 Å². The Morgan fingerprint density at radius 2 is 2.08 bits per heavy atom. The zero-order valence-corrected chi connectivity index (χ0v) is 14.9. The van der Waals surface area contributed by atoms with Crippen LogP contribution in [0, 0.1) is 0 Å². The summed E-state index contributed by atoms with van der Waals surface area (Å²) in [7, 11) is 3.41. The lowest BCUT2D eigenvalue weighted by molar-refractivity contribution is -0.138. The summed E-state index contributed by atoms with van der Waals surface area (Å²) in [6, 6.07) is -0.302. The van der Waals surface area contributed by atoms with Crippen LogP contribution in [-0.4, -0.2) is 60.7 Å². The van der Waals surface area contributed by atoms with Crippen LogP contribution in [-0.2, 0) is 16.0 Å². The number of carboxylic acids is 1. The second-order valence-electron chi connectivity index (χ2n) is 5.60. The van der Waals surface area contributed by atoms with Gasteiger partial charge in [-0.3, -0.25) is 14.8 Å². The molecule has 0 saturated heterocycles. The van der Waals surface area contributed by atoms with Gasteiger partial charge in [0.05, 0.1) is 6.20 Å². The van der Waals surface area contributed by atoms with E-state index in [4.69, 9.17) is 21.3 Å². The highest BCUT2D eigenvalue weighted by Gasteiger charge is 2.17. The van der Waals surface area contributed by atoms with Crippen LogP contribution in [0.4, 0.5) is 0 Å². The Balaban J connectivity index is 2.47. The Labute approximate surface area is 152 Å². The number of carbonyl (C=O) groups is 2. The summed E-state index contributed by atoms with van der Waals surface area (Å²) in [6.07, 6.45) is 4.00. The van der Waals surface area contributed by atoms with Crippen molar-refractivity contribution in [3.05, 3.63) is 24.0 Å². The topological polar surface area (TPSA) is 165 Å². The van der Waals surface area contributed by atoms with Crippen molar-refractivity contribution in [1.82, 2.24) is 15.6 Å². The molecule has 1 aromatic rings. The van der Waals surface area contributed by atoms with Crippen molar-refractivity contribution in [2.45, 2.75) is 31.3 Å². The molecule has 0 aromatic carbocycles. The Bertz CT molecular complexity index is 637. The van der Waals surface area contributed by atoms with Crippen LogP contribution < -0.4 is 26.8 Å². The summed E-state index contributed by atoms with van der Waals surface area (Å²) in [5, 5.41) is 14.8. The smallest absolute Gasteiger partial charge is 0.328 e. The third kappa shape index (κ3) is 7.45. The first-order chi connectivity index (χ1) is 12.4. The number of nitrogens with zero attached hydrogens (tertiary/aromatic N) is 2. The van der Waals surface area contributed by atoms with Gasteiger partial charge in [0.2, 0.25) is 0 Å². The minimum absolute atomic E-state index is 0.0816. The SMILES string of the molecule is C/N=C(/NC)NCCCC(N)C(=O)Oc1cncc(CC(N)C(=O)O)c1. The minimum Gasteiger partial charge on any atom is -0.480 e. The first-order valence-electron chi connectivity index (χ1n) is 8.15. The van der Waals surface area contributed by atoms with E-state index in [1.807, 2.05) is 0 Å². The lowest BCUT2D eigenvalue weighted by Crippen LogP contribution is -2.37. The molecule has 7 N–H and O–H groups in total. The van der Waals surface area contributed by atoms with E-state index in [0.717, 1.165) is 0 Å². The number of esters is 1. The van der Waals surface area contributed by atoms with E-state index in [1.165, 1.54) is 18.5 Å². The molecule has 0 bridgehead atoms. The molecule has 26 heavy (non-hydrogen) atoms. The number of aliphatic carboxylic acids is 1. The van der Waals surface area contributed by atoms with Crippen molar-refractivity contribution < 1.29 is 19.4 Å². The predicted molar refractivity (Wildman–Crippen MR) is 96.8 cm³/mol. The molecule has 10 heteroatoms. The molecule has 0 aliphatic carbocycles. The van der Waals surface area contributed by atoms with Gasteiger partial charge in [-0.05, 0) is 30.9 Å². The molecule has 144 valence electrons. The lowest BCUT2D eigenvalue weighted by Gasteiger charge is -2.13. The number of aliphatic imine (C=N–C) groups is 1. The van der Waals surface area contributed by atoms with E-state index in [-0.39, 0.29) is 12.2 Å². The number of hydrogen-bond acceptors (Lipinski definition) is 7.